The number of aliphatic hydroxyl groups excluding tert-OH is 1. The second kappa shape index (κ2) is 8.35. The summed E-state index contributed by atoms with van der Waals surface area (Å²) in [4.78, 5) is 23.3. The lowest BCUT2D eigenvalue weighted by Gasteiger charge is -2.15. The molecule has 0 saturated carbocycles. The van der Waals surface area contributed by atoms with E-state index in [9.17, 15) is 9.90 Å². The molecule has 2 aliphatic heterocycles. The number of hydrogen-bond acceptors (Lipinski definition) is 8. The van der Waals surface area contributed by atoms with Crippen LogP contribution in [0.4, 0.5) is 14.9 Å². The fourth-order valence-corrected chi connectivity index (χ4v) is 3.78. The Kier molecular flexibility index (Phi) is 5.23. The van der Waals surface area contributed by atoms with Gasteiger partial charge in [-0.25, -0.2) is 13.9 Å². The molecule has 4 heterocycles. The summed E-state index contributed by atoms with van der Waals surface area (Å²) in [5, 5.41) is 20.9. The second-order valence-electron chi connectivity index (χ2n) is 7.46. The predicted octanol–water partition coefficient (Wildman–Crippen LogP) is 1.99. The van der Waals surface area contributed by atoms with E-state index in [1.807, 2.05) is 0 Å². The zero-order valence-electron chi connectivity index (χ0n) is 16.8. The number of carbonyl (C=O) groups is 1. The number of aromatic nitrogens is 4. The molecule has 10 nitrogen and oxygen atoms in total. The normalized spacial score (nSPS) is 20.2. The van der Waals surface area contributed by atoms with Gasteiger partial charge in [0.25, 0.3) is 0 Å². The largest absolute Gasteiger partial charge is 0.442 e. The van der Waals surface area contributed by atoms with E-state index < -0.39 is 24.1 Å². The van der Waals surface area contributed by atoms with Crippen molar-refractivity contribution in [3.63, 3.8) is 0 Å². The highest BCUT2D eigenvalue weighted by atomic mass is 19.1. The molecular weight excluding hydrogens is 419 g/mol. The van der Waals surface area contributed by atoms with Gasteiger partial charge in [-0.2, -0.15) is 0 Å². The molecule has 5 rings (SSSR count). The maximum Gasteiger partial charge on any atom is 0.414 e. The molecule has 1 N–H and O–H groups in total. The lowest BCUT2D eigenvalue weighted by molar-refractivity contribution is 0.0390. The number of carbonyl (C=O) groups excluding carboxylic acids is 1. The quantitative estimate of drug-likeness (QED) is 0.626. The van der Waals surface area contributed by atoms with Crippen LogP contribution >= 0.6 is 0 Å². The van der Waals surface area contributed by atoms with Gasteiger partial charge in [-0.05, 0) is 24.3 Å². The van der Waals surface area contributed by atoms with Crippen LogP contribution in [0.3, 0.4) is 0 Å². The average Bonchev–Trinajstić information content (AvgIpc) is 3.55. The molecule has 2 aromatic heterocycles. The maximum atomic E-state index is 15.2. The first-order valence-corrected chi connectivity index (χ1v) is 10.0. The van der Waals surface area contributed by atoms with Gasteiger partial charge in [-0.3, -0.25) is 9.88 Å². The van der Waals surface area contributed by atoms with Crippen LogP contribution in [0.15, 0.2) is 54.1 Å². The van der Waals surface area contributed by atoms with Gasteiger partial charge in [0.2, 0.25) is 0 Å². The molecule has 2 atom stereocenters. The number of ether oxygens (including phenoxy) is 1. The highest BCUT2D eigenvalue weighted by Crippen LogP contribution is 2.32. The van der Waals surface area contributed by atoms with Gasteiger partial charge < -0.3 is 14.7 Å². The van der Waals surface area contributed by atoms with Crippen LogP contribution in [0, 0.1) is 5.82 Å². The number of aliphatic hydroxyl groups is 1. The number of amides is 1. The zero-order valence-corrected chi connectivity index (χ0v) is 16.8. The summed E-state index contributed by atoms with van der Waals surface area (Å²) in [5.74, 6) is -0.512. The van der Waals surface area contributed by atoms with Gasteiger partial charge in [-0.1, -0.05) is 16.4 Å². The Morgan fingerprint density at radius 3 is 2.84 bits per heavy atom. The highest BCUT2D eigenvalue weighted by Gasteiger charge is 2.33. The van der Waals surface area contributed by atoms with Crippen molar-refractivity contribution in [1.29, 1.82) is 0 Å². The predicted molar refractivity (Wildman–Crippen MR) is 110 cm³/mol. The van der Waals surface area contributed by atoms with E-state index in [4.69, 9.17) is 9.57 Å². The Morgan fingerprint density at radius 2 is 2.09 bits per heavy atom. The summed E-state index contributed by atoms with van der Waals surface area (Å²) in [5.41, 5.74) is 2.29. The van der Waals surface area contributed by atoms with Crippen LogP contribution in [0.2, 0.25) is 0 Å². The standard InChI is InChI=1S/C21H19FN6O4/c22-18-8-13(28-11-15(31-21(28)30)10-27-7-6-24-26-27)3-4-16(18)17-2-1-5-23-20(17)19-9-14(12-29)32-25-19/h1-8,14-15,29H,9-12H2/t14-,15-/m0/s1. The van der Waals surface area contributed by atoms with Crippen molar-refractivity contribution < 1.29 is 23.9 Å². The van der Waals surface area contributed by atoms with Crippen LogP contribution in [0.5, 0.6) is 0 Å². The van der Waals surface area contributed by atoms with E-state index in [1.165, 1.54) is 11.0 Å². The summed E-state index contributed by atoms with van der Waals surface area (Å²) >= 11 is 0. The summed E-state index contributed by atoms with van der Waals surface area (Å²) in [6.45, 7) is 0.468. The number of hydrogen-bond donors (Lipinski definition) is 1. The number of halogens is 1. The zero-order chi connectivity index (χ0) is 22.1. The van der Waals surface area contributed by atoms with E-state index in [0.29, 0.717) is 41.2 Å². The van der Waals surface area contributed by atoms with Gasteiger partial charge in [-0.15, -0.1) is 5.10 Å². The summed E-state index contributed by atoms with van der Waals surface area (Å²) in [6, 6.07) is 8.02. The minimum Gasteiger partial charge on any atom is -0.442 e. The van der Waals surface area contributed by atoms with Crippen LogP contribution < -0.4 is 4.90 Å². The van der Waals surface area contributed by atoms with Crippen molar-refractivity contribution in [2.75, 3.05) is 18.1 Å². The van der Waals surface area contributed by atoms with Gasteiger partial charge in [0.15, 0.2) is 6.10 Å². The van der Waals surface area contributed by atoms with E-state index in [-0.39, 0.29) is 13.2 Å². The van der Waals surface area contributed by atoms with Crippen molar-refractivity contribution in [2.45, 2.75) is 25.2 Å². The van der Waals surface area contributed by atoms with Gasteiger partial charge in [0.1, 0.15) is 17.6 Å². The first-order valence-electron chi connectivity index (χ1n) is 10.0. The van der Waals surface area contributed by atoms with E-state index in [2.05, 4.69) is 20.5 Å². The first kappa shape index (κ1) is 20.1. The molecule has 1 aromatic carbocycles. The number of oxime groups is 1. The van der Waals surface area contributed by atoms with Crippen LogP contribution in [0.1, 0.15) is 12.1 Å². The first-order chi connectivity index (χ1) is 15.6. The third-order valence-electron chi connectivity index (χ3n) is 5.31. The minimum absolute atomic E-state index is 0.165. The van der Waals surface area contributed by atoms with Crippen molar-refractivity contribution in [3.8, 4) is 11.1 Å². The fraction of sp³-hybridized carbons (Fsp3) is 0.286. The minimum atomic E-state index is -0.545. The molecule has 1 saturated heterocycles. The van der Waals surface area contributed by atoms with Crippen molar-refractivity contribution in [1.82, 2.24) is 20.0 Å². The summed E-state index contributed by atoms with van der Waals surface area (Å²) < 4.78 is 22.1. The van der Waals surface area contributed by atoms with Crippen molar-refractivity contribution >= 4 is 17.5 Å². The third-order valence-corrected chi connectivity index (χ3v) is 5.31. The Balaban J connectivity index is 1.38. The molecule has 2 aliphatic rings. The maximum absolute atomic E-state index is 15.2. The SMILES string of the molecule is O=C1O[C@@H](Cn2ccnn2)CN1c1ccc(-c2cccnc2C2=NO[C@H](CO)C2)c(F)c1. The molecule has 1 fully saturated rings. The molecule has 32 heavy (non-hydrogen) atoms. The molecule has 0 spiro atoms. The Hall–Kier alpha value is -3.86. The number of nitrogens with zero attached hydrogens (tertiary/aromatic N) is 6. The summed E-state index contributed by atoms with van der Waals surface area (Å²) in [7, 11) is 0. The molecule has 0 unspecified atom stereocenters. The summed E-state index contributed by atoms with van der Waals surface area (Å²) in [6.07, 6.45) is 3.80. The molecule has 0 aliphatic carbocycles. The molecule has 3 aromatic rings. The lowest BCUT2D eigenvalue weighted by atomic mass is 9.98. The highest BCUT2D eigenvalue weighted by molar-refractivity contribution is 6.05. The van der Waals surface area contributed by atoms with Gasteiger partial charge >= 0.3 is 6.09 Å². The number of pyridine rings is 1. The monoisotopic (exact) mass is 438 g/mol. The molecular formula is C21H19FN6O4. The topological polar surface area (TPSA) is 115 Å². The smallest absolute Gasteiger partial charge is 0.414 e. The van der Waals surface area contributed by atoms with Crippen LogP contribution in [0.25, 0.3) is 11.1 Å². The molecule has 1 amide bonds. The Bertz CT molecular complexity index is 1170. The number of anilines is 1. The second-order valence-corrected chi connectivity index (χ2v) is 7.46. The Morgan fingerprint density at radius 1 is 1.19 bits per heavy atom. The number of rotatable bonds is 6. The van der Waals surface area contributed by atoms with Gasteiger partial charge in [0.05, 0.1) is 37.3 Å². The molecule has 164 valence electrons. The molecule has 0 bridgehead atoms. The van der Waals surface area contributed by atoms with Crippen LogP contribution in [-0.4, -0.2) is 62.2 Å². The molecule has 11 heteroatoms. The number of cyclic esters (lactones) is 1. The lowest BCUT2D eigenvalue weighted by Crippen LogP contribution is -2.26. The van der Waals surface area contributed by atoms with E-state index >= 15 is 4.39 Å². The Labute approximate surface area is 181 Å². The van der Waals surface area contributed by atoms with Crippen LogP contribution in [-0.2, 0) is 16.1 Å². The average molecular weight is 438 g/mol. The van der Waals surface area contributed by atoms with Crippen molar-refractivity contribution in [3.05, 3.63) is 60.4 Å². The fourth-order valence-electron chi connectivity index (χ4n) is 3.78. The third kappa shape index (κ3) is 3.78. The van der Waals surface area contributed by atoms with Crippen molar-refractivity contribution in [2.24, 2.45) is 5.16 Å². The molecule has 0 radical (unpaired) electrons. The number of benzene rings is 1. The van der Waals surface area contributed by atoms with E-state index in [1.54, 1.807) is 47.5 Å². The van der Waals surface area contributed by atoms with E-state index in [0.717, 1.165) is 0 Å². The van der Waals surface area contributed by atoms with Gasteiger partial charge in [0, 0.05) is 29.9 Å².